The first-order valence-electron chi connectivity index (χ1n) is 5.87. The Morgan fingerprint density at radius 3 is 2.52 bits per heavy atom. The summed E-state index contributed by atoms with van der Waals surface area (Å²) in [5, 5.41) is 10.5. The molecule has 0 atom stereocenters. The largest absolute Gasteiger partial charge is 0.477 e. The summed E-state index contributed by atoms with van der Waals surface area (Å²) in [6.07, 6.45) is 0. The Kier molecular flexibility index (Phi) is 4.40. The van der Waals surface area contributed by atoms with Crippen molar-refractivity contribution in [2.45, 2.75) is 18.4 Å². The van der Waals surface area contributed by atoms with Gasteiger partial charge in [-0.25, -0.2) is 22.3 Å². The smallest absolute Gasteiger partial charge is 0.347 e. The van der Waals surface area contributed by atoms with Gasteiger partial charge in [0.1, 0.15) is 15.6 Å². The number of hydrogen-bond donors (Lipinski definition) is 2. The second kappa shape index (κ2) is 5.92. The maximum Gasteiger partial charge on any atom is 0.347 e. The summed E-state index contributed by atoms with van der Waals surface area (Å²) in [4.78, 5) is 10.6. The molecule has 0 unspecified atom stereocenters. The van der Waals surface area contributed by atoms with Gasteiger partial charge in [0.2, 0.25) is 10.0 Å². The van der Waals surface area contributed by atoms with Gasteiger partial charge in [-0.3, -0.25) is 0 Å². The fourth-order valence-corrected chi connectivity index (χ4v) is 4.41. The van der Waals surface area contributed by atoms with Gasteiger partial charge in [-0.1, -0.05) is 12.1 Å². The molecule has 2 rings (SSSR count). The fraction of sp³-hybridized carbons (Fsp3) is 0.154. The molecule has 1 heterocycles. The molecule has 0 amide bonds. The predicted octanol–water partition coefficient (Wildman–Crippen LogP) is 2.37. The number of nitrogens with one attached hydrogen (secondary N) is 1. The van der Waals surface area contributed by atoms with Gasteiger partial charge in [0, 0.05) is 6.54 Å². The van der Waals surface area contributed by atoms with E-state index in [2.05, 4.69) is 4.72 Å². The molecular formula is C13H12FNO4S2. The summed E-state index contributed by atoms with van der Waals surface area (Å²) >= 11 is 0.866. The number of rotatable bonds is 5. The van der Waals surface area contributed by atoms with E-state index in [0.29, 0.717) is 11.1 Å². The minimum Gasteiger partial charge on any atom is -0.477 e. The number of sulfonamides is 1. The molecule has 2 aromatic rings. The van der Waals surface area contributed by atoms with Crippen LogP contribution in [0.4, 0.5) is 4.39 Å². The number of hydrogen-bond acceptors (Lipinski definition) is 4. The molecule has 0 aliphatic carbocycles. The third kappa shape index (κ3) is 3.46. The average molecular weight is 329 g/mol. The number of carbonyl (C=O) groups is 1. The van der Waals surface area contributed by atoms with Crippen LogP contribution in [-0.4, -0.2) is 19.5 Å². The van der Waals surface area contributed by atoms with E-state index in [1.807, 2.05) is 0 Å². The average Bonchev–Trinajstić information content (AvgIpc) is 2.81. The summed E-state index contributed by atoms with van der Waals surface area (Å²) in [5.74, 6) is -1.70. The number of aromatic carboxylic acids is 1. The highest BCUT2D eigenvalue weighted by Gasteiger charge is 2.26. The summed E-state index contributed by atoms with van der Waals surface area (Å²) in [7, 11) is -3.95. The number of halogens is 1. The van der Waals surface area contributed by atoms with Crippen molar-refractivity contribution in [1.82, 2.24) is 4.72 Å². The van der Waals surface area contributed by atoms with Crippen molar-refractivity contribution < 1.29 is 22.7 Å². The first kappa shape index (κ1) is 15.6. The quantitative estimate of drug-likeness (QED) is 0.882. The lowest BCUT2D eigenvalue weighted by Crippen LogP contribution is -2.25. The summed E-state index contributed by atoms with van der Waals surface area (Å²) in [5.41, 5.74) is 0.953. The highest BCUT2D eigenvalue weighted by molar-refractivity contribution is 7.89. The Labute approximate surface area is 125 Å². The molecule has 0 spiro atoms. The van der Waals surface area contributed by atoms with Crippen molar-refractivity contribution in [3.63, 3.8) is 0 Å². The predicted molar refractivity (Wildman–Crippen MR) is 76.4 cm³/mol. The van der Waals surface area contributed by atoms with E-state index in [0.717, 1.165) is 11.3 Å². The second-order valence-corrected chi connectivity index (χ2v) is 6.92. The molecule has 0 aliphatic heterocycles. The highest BCUT2D eigenvalue weighted by atomic mass is 32.2. The van der Waals surface area contributed by atoms with Crippen molar-refractivity contribution in [1.29, 1.82) is 0 Å². The SMILES string of the molecule is Cc1csc(C(=O)O)c1S(=O)(=O)NCc1ccc(F)cc1. The Morgan fingerprint density at radius 1 is 1.33 bits per heavy atom. The third-order valence-electron chi connectivity index (χ3n) is 2.76. The van der Waals surface area contributed by atoms with E-state index in [9.17, 15) is 17.6 Å². The van der Waals surface area contributed by atoms with Crippen molar-refractivity contribution in [2.75, 3.05) is 0 Å². The van der Waals surface area contributed by atoms with Crippen LogP contribution in [0, 0.1) is 12.7 Å². The molecule has 0 fully saturated rings. The minimum atomic E-state index is -3.95. The molecule has 0 bridgehead atoms. The van der Waals surface area contributed by atoms with Crippen molar-refractivity contribution in [3.05, 3.63) is 51.5 Å². The fourth-order valence-electron chi connectivity index (χ4n) is 1.77. The standard InChI is InChI=1S/C13H12FNO4S2/c1-8-7-20-11(13(16)17)12(8)21(18,19)15-6-9-2-4-10(14)5-3-9/h2-5,7,15H,6H2,1H3,(H,16,17). The molecule has 21 heavy (non-hydrogen) atoms. The Morgan fingerprint density at radius 2 is 1.95 bits per heavy atom. The van der Waals surface area contributed by atoms with Crippen LogP contribution in [0.1, 0.15) is 20.8 Å². The molecule has 2 N–H and O–H groups in total. The molecule has 5 nitrogen and oxygen atoms in total. The van der Waals surface area contributed by atoms with Crippen LogP contribution >= 0.6 is 11.3 Å². The zero-order chi connectivity index (χ0) is 15.6. The lowest BCUT2D eigenvalue weighted by molar-refractivity contribution is 0.0698. The van der Waals surface area contributed by atoms with Crippen molar-refractivity contribution >= 4 is 27.3 Å². The van der Waals surface area contributed by atoms with Gasteiger partial charge < -0.3 is 5.11 Å². The van der Waals surface area contributed by atoms with Gasteiger partial charge in [-0.2, -0.15) is 0 Å². The van der Waals surface area contributed by atoms with Crippen LogP contribution in [0.5, 0.6) is 0 Å². The molecule has 1 aromatic carbocycles. The first-order chi connectivity index (χ1) is 9.81. The summed E-state index contributed by atoms with van der Waals surface area (Å²) < 4.78 is 39.6. The van der Waals surface area contributed by atoms with Gasteiger partial charge in [0.05, 0.1) is 0 Å². The Balaban J connectivity index is 2.25. The molecule has 0 saturated heterocycles. The highest BCUT2D eigenvalue weighted by Crippen LogP contribution is 2.26. The Bertz CT molecular complexity index is 766. The lowest BCUT2D eigenvalue weighted by atomic mass is 10.2. The number of aryl methyl sites for hydroxylation is 1. The normalized spacial score (nSPS) is 11.5. The van der Waals surface area contributed by atoms with Crippen molar-refractivity contribution in [3.8, 4) is 0 Å². The van der Waals surface area contributed by atoms with Crippen LogP contribution in [0.15, 0.2) is 34.5 Å². The van der Waals surface area contributed by atoms with E-state index >= 15 is 0 Å². The maximum absolute atomic E-state index is 12.8. The minimum absolute atomic E-state index is 0.0447. The first-order valence-corrected chi connectivity index (χ1v) is 8.23. The van der Waals surface area contributed by atoms with Gasteiger partial charge in [-0.05, 0) is 35.6 Å². The number of carboxylic acids is 1. The number of thiophene rings is 1. The summed E-state index contributed by atoms with van der Waals surface area (Å²) in [6, 6.07) is 5.36. The maximum atomic E-state index is 12.8. The van der Waals surface area contributed by atoms with Gasteiger partial charge in [0.25, 0.3) is 0 Å². The third-order valence-corrected chi connectivity index (χ3v) is 5.56. The zero-order valence-electron chi connectivity index (χ0n) is 11.0. The second-order valence-electron chi connectivity index (χ2n) is 4.33. The van der Waals surface area contributed by atoms with Gasteiger partial charge >= 0.3 is 5.97 Å². The van der Waals surface area contributed by atoms with E-state index in [1.54, 1.807) is 0 Å². The number of carboxylic acid groups (broad SMARTS) is 1. The molecule has 8 heteroatoms. The van der Waals surface area contributed by atoms with Crippen LogP contribution in [0.25, 0.3) is 0 Å². The lowest BCUT2D eigenvalue weighted by Gasteiger charge is -2.08. The Hall–Kier alpha value is -1.77. The van der Waals surface area contributed by atoms with Gasteiger partial charge in [-0.15, -0.1) is 11.3 Å². The van der Waals surface area contributed by atoms with E-state index in [-0.39, 0.29) is 16.3 Å². The van der Waals surface area contributed by atoms with E-state index in [1.165, 1.54) is 36.6 Å². The van der Waals surface area contributed by atoms with Crippen LogP contribution in [0.3, 0.4) is 0 Å². The molecule has 0 aliphatic rings. The van der Waals surface area contributed by atoms with Crippen LogP contribution in [-0.2, 0) is 16.6 Å². The molecule has 112 valence electrons. The van der Waals surface area contributed by atoms with Crippen LogP contribution < -0.4 is 4.72 Å². The monoisotopic (exact) mass is 329 g/mol. The summed E-state index contributed by atoms with van der Waals surface area (Å²) in [6.45, 7) is 1.49. The van der Waals surface area contributed by atoms with E-state index < -0.39 is 21.8 Å². The van der Waals surface area contributed by atoms with Crippen LogP contribution in [0.2, 0.25) is 0 Å². The molecular weight excluding hydrogens is 317 g/mol. The molecule has 0 saturated carbocycles. The van der Waals surface area contributed by atoms with Crippen molar-refractivity contribution in [2.24, 2.45) is 0 Å². The molecule has 1 aromatic heterocycles. The van der Waals surface area contributed by atoms with Gasteiger partial charge in [0.15, 0.2) is 0 Å². The molecule has 0 radical (unpaired) electrons. The number of benzene rings is 1. The topological polar surface area (TPSA) is 83.5 Å². The van der Waals surface area contributed by atoms with E-state index in [4.69, 9.17) is 5.11 Å². The zero-order valence-corrected chi connectivity index (χ0v) is 12.6.